The number of fused-ring (bicyclic) bond motifs is 1. The molecule has 0 spiro atoms. The summed E-state index contributed by atoms with van der Waals surface area (Å²) < 4.78 is 4.98. The molecule has 1 atom stereocenters. The lowest BCUT2D eigenvalue weighted by atomic mass is 10.1. The molecule has 0 radical (unpaired) electrons. The second kappa shape index (κ2) is 2.48. The maximum atomic E-state index is 9.26. The Bertz CT molecular complexity index is 285. The highest BCUT2D eigenvalue weighted by molar-refractivity contribution is 6.31. The molecule has 1 unspecified atom stereocenters. The summed E-state index contributed by atoms with van der Waals surface area (Å²) in [6, 6.07) is 5.50. The molecule has 1 aliphatic heterocycles. The van der Waals surface area contributed by atoms with Crippen LogP contribution in [0, 0.1) is 0 Å². The van der Waals surface area contributed by atoms with Gasteiger partial charge in [-0.2, -0.15) is 0 Å². The zero-order valence-corrected chi connectivity index (χ0v) is 6.51. The normalized spacial score (nSPS) is 21.8. The van der Waals surface area contributed by atoms with Gasteiger partial charge in [-0.25, -0.2) is 0 Å². The van der Waals surface area contributed by atoms with Crippen LogP contribution < -0.4 is 0 Å². The van der Waals surface area contributed by atoms with E-state index < -0.39 is 6.29 Å². The molecule has 1 aliphatic rings. The molecule has 2 nitrogen and oxygen atoms in total. The molecular weight excluding hydrogens is 164 g/mol. The number of hydrogen-bond acceptors (Lipinski definition) is 2. The standard InChI is InChI=1S/C8H7ClO2/c9-6-3-1-2-5-4-11-8(10)7(5)6/h1-3,8,10H,4H2. The molecule has 0 aromatic heterocycles. The minimum atomic E-state index is -0.835. The van der Waals surface area contributed by atoms with Crippen LogP contribution in [-0.4, -0.2) is 5.11 Å². The predicted octanol–water partition coefficient (Wildman–Crippen LogP) is 1.86. The summed E-state index contributed by atoms with van der Waals surface area (Å²) in [5.41, 5.74) is 1.69. The van der Waals surface area contributed by atoms with E-state index in [1.54, 1.807) is 6.07 Å². The largest absolute Gasteiger partial charge is 0.364 e. The van der Waals surface area contributed by atoms with E-state index in [1.807, 2.05) is 12.1 Å². The zero-order chi connectivity index (χ0) is 7.84. The SMILES string of the molecule is OC1OCc2cccc(Cl)c21. The number of benzene rings is 1. The molecule has 11 heavy (non-hydrogen) atoms. The summed E-state index contributed by atoms with van der Waals surface area (Å²) in [6.07, 6.45) is -0.835. The summed E-state index contributed by atoms with van der Waals surface area (Å²) in [5, 5.41) is 9.83. The number of halogens is 1. The molecule has 58 valence electrons. The first-order valence-electron chi connectivity index (χ1n) is 3.36. The van der Waals surface area contributed by atoms with E-state index >= 15 is 0 Å². The van der Waals surface area contributed by atoms with Gasteiger partial charge in [-0.3, -0.25) is 0 Å². The minimum Gasteiger partial charge on any atom is -0.364 e. The molecule has 1 N–H and O–H groups in total. The lowest BCUT2D eigenvalue weighted by Crippen LogP contribution is -1.92. The molecule has 3 heteroatoms. The van der Waals surface area contributed by atoms with Crippen LogP contribution in [0.15, 0.2) is 18.2 Å². The van der Waals surface area contributed by atoms with Crippen molar-refractivity contribution in [2.45, 2.75) is 12.9 Å². The van der Waals surface area contributed by atoms with Gasteiger partial charge in [0.25, 0.3) is 0 Å². The average molecular weight is 171 g/mol. The summed E-state index contributed by atoms with van der Waals surface area (Å²) >= 11 is 5.82. The van der Waals surface area contributed by atoms with Crippen molar-refractivity contribution < 1.29 is 9.84 Å². The van der Waals surface area contributed by atoms with E-state index in [2.05, 4.69) is 0 Å². The van der Waals surface area contributed by atoms with Gasteiger partial charge < -0.3 is 9.84 Å². The summed E-state index contributed by atoms with van der Waals surface area (Å²) in [5.74, 6) is 0. The van der Waals surface area contributed by atoms with E-state index in [9.17, 15) is 5.11 Å². The second-order valence-electron chi connectivity index (χ2n) is 2.48. The van der Waals surface area contributed by atoms with Crippen LogP contribution in [0.2, 0.25) is 5.02 Å². The minimum absolute atomic E-state index is 0.455. The van der Waals surface area contributed by atoms with Gasteiger partial charge in [-0.15, -0.1) is 0 Å². The Labute approximate surface area is 69.4 Å². The maximum absolute atomic E-state index is 9.26. The highest BCUT2D eigenvalue weighted by Crippen LogP contribution is 2.33. The van der Waals surface area contributed by atoms with E-state index in [4.69, 9.17) is 16.3 Å². The quantitative estimate of drug-likeness (QED) is 0.644. The summed E-state index contributed by atoms with van der Waals surface area (Å²) in [7, 11) is 0. The van der Waals surface area contributed by atoms with Gasteiger partial charge in [-0.05, 0) is 11.6 Å². The Morgan fingerprint density at radius 2 is 2.36 bits per heavy atom. The summed E-state index contributed by atoms with van der Waals surface area (Å²) in [4.78, 5) is 0. The van der Waals surface area contributed by atoms with Crippen molar-refractivity contribution in [3.05, 3.63) is 34.3 Å². The van der Waals surface area contributed by atoms with Gasteiger partial charge in [0.2, 0.25) is 0 Å². The Morgan fingerprint density at radius 1 is 1.55 bits per heavy atom. The van der Waals surface area contributed by atoms with Crippen LogP contribution in [0.4, 0.5) is 0 Å². The van der Waals surface area contributed by atoms with Crippen LogP contribution in [0.3, 0.4) is 0 Å². The molecule has 0 bridgehead atoms. The third-order valence-electron chi connectivity index (χ3n) is 1.79. The molecule has 1 heterocycles. The van der Waals surface area contributed by atoms with Crippen LogP contribution in [0.5, 0.6) is 0 Å². The van der Waals surface area contributed by atoms with Gasteiger partial charge in [-0.1, -0.05) is 23.7 Å². The maximum Gasteiger partial charge on any atom is 0.183 e. The lowest BCUT2D eigenvalue weighted by molar-refractivity contribution is -0.0917. The van der Waals surface area contributed by atoms with Crippen LogP contribution in [0.1, 0.15) is 17.4 Å². The Hall–Kier alpha value is -0.570. The highest BCUT2D eigenvalue weighted by Gasteiger charge is 2.22. The van der Waals surface area contributed by atoms with Crippen molar-refractivity contribution >= 4 is 11.6 Å². The van der Waals surface area contributed by atoms with Crippen molar-refractivity contribution in [1.29, 1.82) is 0 Å². The second-order valence-corrected chi connectivity index (χ2v) is 2.88. The zero-order valence-electron chi connectivity index (χ0n) is 5.75. The molecule has 2 rings (SSSR count). The van der Waals surface area contributed by atoms with E-state index in [0.29, 0.717) is 17.2 Å². The molecule has 0 saturated carbocycles. The van der Waals surface area contributed by atoms with Crippen molar-refractivity contribution in [1.82, 2.24) is 0 Å². The van der Waals surface area contributed by atoms with Crippen molar-refractivity contribution in [2.24, 2.45) is 0 Å². The Kier molecular flexibility index (Phi) is 1.60. The van der Waals surface area contributed by atoms with Crippen molar-refractivity contribution in [3.63, 3.8) is 0 Å². The van der Waals surface area contributed by atoms with E-state index in [1.165, 1.54) is 0 Å². The van der Waals surface area contributed by atoms with Crippen molar-refractivity contribution in [2.75, 3.05) is 0 Å². The third-order valence-corrected chi connectivity index (χ3v) is 2.12. The molecular formula is C8H7ClO2. The number of ether oxygens (including phenoxy) is 1. The fourth-order valence-electron chi connectivity index (χ4n) is 1.24. The Morgan fingerprint density at radius 3 is 3.09 bits per heavy atom. The smallest absolute Gasteiger partial charge is 0.183 e. The lowest BCUT2D eigenvalue weighted by Gasteiger charge is -2.03. The third kappa shape index (κ3) is 1.03. The fourth-order valence-corrected chi connectivity index (χ4v) is 1.52. The number of aliphatic hydroxyl groups excluding tert-OH is 1. The van der Waals surface area contributed by atoms with Gasteiger partial charge in [0, 0.05) is 10.6 Å². The average Bonchev–Trinajstić information content (AvgIpc) is 2.34. The monoisotopic (exact) mass is 170 g/mol. The molecule has 0 saturated heterocycles. The number of hydrogen-bond donors (Lipinski definition) is 1. The van der Waals surface area contributed by atoms with Crippen LogP contribution >= 0.6 is 11.6 Å². The molecule has 0 fully saturated rings. The summed E-state index contributed by atoms with van der Waals surface area (Å²) in [6.45, 7) is 0.455. The van der Waals surface area contributed by atoms with Crippen LogP contribution in [-0.2, 0) is 11.3 Å². The van der Waals surface area contributed by atoms with E-state index in [-0.39, 0.29) is 0 Å². The first-order chi connectivity index (χ1) is 5.29. The highest BCUT2D eigenvalue weighted by atomic mass is 35.5. The van der Waals surface area contributed by atoms with Gasteiger partial charge in [0.15, 0.2) is 6.29 Å². The first kappa shape index (κ1) is 7.10. The first-order valence-corrected chi connectivity index (χ1v) is 3.74. The Balaban J connectivity index is 2.58. The predicted molar refractivity (Wildman–Crippen MR) is 41.2 cm³/mol. The fraction of sp³-hybridized carbons (Fsp3) is 0.250. The molecule has 1 aromatic carbocycles. The van der Waals surface area contributed by atoms with Crippen LogP contribution in [0.25, 0.3) is 0 Å². The molecule has 0 amide bonds. The van der Waals surface area contributed by atoms with Gasteiger partial charge >= 0.3 is 0 Å². The van der Waals surface area contributed by atoms with Gasteiger partial charge in [0.05, 0.1) is 6.61 Å². The topological polar surface area (TPSA) is 29.5 Å². The van der Waals surface area contributed by atoms with Gasteiger partial charge in [0.1, 0.15) is 0 Å². The number of rotatable bonds is 0. The number of aliphatic hydroxyl groups is 1. The molecule has 0 aliphatic carbocycles. The van der Waals surface area contributed by atoms with E-state index in [0.717, 1.165) is 5.56 Å². The molecule has 1 aromatic rings. The van der Waals surface area contributed by atoms with Crippen molar-refractivity contribution in [3.8, 4) is 0 Å².